The summed E-state index contributed by atoms with van der Waals surface area (Å²) in [5.74, 6) is -1.31. The monoisotopic (exact) mass is 733 g/mol. The van der Waals surface area contributed by atoms with Crippen LogP contribution in [0.5, 0.6) is 17.6 Å². The predicted octanol–water partition coefficient (Wildman–Crippen LogP) is 6.25. The van der Waals surface area contributed by atoms with Gasteiger partial charge in [0.15, 0.2) is 5.82 Å². The Labute approximate surface area is 308 Å². The molecule has 2 aliphatic heterocycles. The van der Waals surface area contributed by atoms with Crippen molar-refractivity contribution in [2.45, 2.75) is 76.5 Å². The summed E-state index contributed by atoms with van der Waals surface area (Å²) in [5.41, 5.74) is -1.41. The average Bonchev–Trinajstić information content (AvgIpc) is 3.47. The molecule has 53 heavy (non-hydrogen) atoms. The van der Waals surface area contributed by atoms with Gasteiger partial charge in [0.25, 0.3) is 0 Å². The van der Waals surface area contributed by atoms with Crippen LogP contribution in [-0.2, 0) is 9.47 Å². The Kier molecular flexibility index (Phi) is 9.36. The van der Waals surface area contributed by atoms with Gasteiger partial charge in [-0.1, -0.05) is 25.5 Å². The largest absolute Gasteiger partial charge is 0.508 e. The molecule has 13 heteroatoms. The zero-order valence-electron chi connectivity index (χ0n) is 31.0. The molecule has 2 aliphatic carbocycles. The van der Waals surface area contributed by atoms with Crippen molar-refractivity contribution in [3.63, 3.8) is 0 Å². The molecule has 4 heterocycles. The number of aromatic nitrogens is 3. The fourth-order valence-corrected chi connectivity index (χ4v) is 9.69. The predicted molar refractivity (Wildman–Crippen MR) is 197 cm³/mol. The van der Waals surface area contributed by atoms with Crippen molar-refractivity contribution in [3.05, 3.63) is 42.0 Å². The van der Waals surface area contributed by atoms with Crippen LogP contribution in [0.15, 0.2) is 30.3 Å². The summed E-state index contributed by atoms with van der Waals surface area (Å²) < 4.78 is 56.2. The summed E-state index contributed by atoms with van der Waals surface area (Å²) in [7, 11) is 3.20. The molecule has 2 aromatic carbocycles. The molecule has 2 saturated carbocycles. The molecule has 4 fully saturated rings. The minimum atomic E-state index is -1.23. The maximum atomic E-state index is 17.2. The zero-order valence-corrected chi connectivity index (χ0v) is 31.0. The molecule has 0 spiro atoms. The Balaban J connectivity index is 1.21. The second-order valence-electron chi connectivity index (χ2n) is 16.3. The summed E-state index contributed by atoms with van der Waals surface area (Å²) in [6.45, 7) is 7.39. The second-order valence-corrected chi connectivity index (χ2v) is 16.3. The van der Waals surface area contributed by atoms with E-state index in [-0.39, 0.29) is 75.0 Å². The molecule has 3 atom stereocenters. The number of pyridine rings is 1. The second kappa shape index (κ2) is 13.7. The van der Waals surface area contributed by atoms with Gasteiger partial charge in [0.2, 0.25) is 5.88 Å². The van der Waals surface area contributed by atoms with E-state index in [1.807, 2.05) is 4.90 Å². The SMILES string of the molecule is COc1nc(-c2cc(O)cc3cccc(F)c23)c(F)c2nc(OCC34CCCC3N(CC3(C)CC(OC)C3)CCC4)nc(N3CCOC[C@@](C)(O)C3)c12. The molecule has 2 saturated heterocycles. The summed E-state index contributed by atoms with van der Waals surface area (Å²) in [6, 6.07) is 7.51. The minimum Gasteiger partial charge on any atom is -0.508 e. The summed E-state index contributed by atoms with van der Waals surface area (Å²) in [6.07, 6.45) is 7.75. The van der Waals surface area contributed by atoms with Crippen LogP contribution in [0.25, 0.3) is 32.9 Å². The Morgan fingerprint density at radius 2 is 1.83 bits per heavy atom. The highest BCUT2D eigenvalue weighted by Gasteiger charge is 2.51. The summed E-state index contributed by atoms with van der Waals surface area (Å²) in [4.78, 5) is 18.6. The number of halogens is 2. The van der Waals surface area contributed by atoms with Crippen molar-refractivity contribution in [1.82, 2.24) is 19.9 Å². The van der Waals surface area contributed by atoms with Crippen LogP contribution in [0.3, 0.4) is 0 Å². The van der Waals surface area contributed by atoms with Gasteiger partial charge in [-0.15, -0.1) is 0 Å². The molecule has 0 bridgehead atoms. The van der Waals surface area contributed by atoms with Gasteiger partial charge >= 0.3 is 6.01 Å². The lowest BCUT2D eigenvalue weighted by molar-refractivity contribution is -0.0877. The molecule has 284 valence electrons. The van der Waals surface area contributed by atoms with Gasteiger partial charge in [0, 0.05) is 42.6 Å². The fourth-order valence-electron chi connectivity index (χ4n) is 9.69. The molecule has 0 radical (unpaired) electrons. The van der Waals surface area contributed by atoms with Crippen LogP contribution in [-0.4, -0.2) is 108 Å². The first-order valence-electron chi connectivity index (χ1n) is 18.7. The molecule has 4 aromatic rings. The number of phenols is 1. The van der Waals surface area contributed by atoms with Crippen molar-refractivity contribution in [2.24, 2.45) is 10.8 Å². The number of piperidine rings is 1. The highest BCUT2D eigenvalue weighted by molar-refractivity contribution is 6.02. The molecular weight excluding hydrogens is 684 g/mol. The van der Waals surface area contributed by atoms with Crippen LogP contribution >= 0.6 is 0 Å². The van der Waals surface area contributed by atoms with Crippen molar-refractivity contribution in [2.75, 3.05) is 65.1 Å². The number of aromatic hydroxyl groups is 1. The summed E-state index contributed by atoms with van der Waals surface area (Å²) in [5, 5.41) is 22.4. The van der Waals surface area contributed by atoms with Crippen molar-refractivity contribution < 1.29 is 37.9 Å². The quantitative estimate of drug-likeness (QED) is 0.203. The van der Waals surface area contributed by atoms with E-state index in [1.54, 1.807) is 20.1 Å². The molecule has 2 N–H and O–H groups in total. The zero-order chi connectivity index (χ0) is 37.1. The standard InChI is InChI=1S/C40H49F2N5O6/c1-38(18-26(19-38)50-3)20-46-13-7-12-40(11-6-10-29(40)46)23-53-37-44-34-31(35(45-37)47-14-15-52-22-39(2,49)21-47)36(51-4)43-33(32(34)42)27-17-25(48)16-24-8-5-9-28(41)30(24)27/h5,8-9,16-17,26,29,48-49H,6-7,10-15,18-23H2,1-4H3/t26?,29?,38?,39-,40?/m0/s1. The van der Waals surface area contributed by atoms with E-state index in [9.17, 15) is 10.2 Å². The van der Waals surface area contributed by atoms with E-state index in [4.69, 9.17) is 28.9 Å². The van der Waals surface area contributed by atoms with Gasteiger partial charge < -0.3 is 34.1 Å². The number of methoxy groups -OCH3 is 2. The Morgan fingerprint density at radius 1 is 1.02 bits per heavy atom. The Morgan fingerprint density at radius 3 is 2.62 bits per heavy atom. The number of likely N-dealkylation sites (tertiary alicyclic amines) is 1. The first-order valence-corrected chi connectivity index (χ1v) is 18.7. The number of fused-ring (bicyclic) bond motifs is 3. The molecule has 8 rings (SSSR count). The number of aliphatic hydroxyl groups is 1. The number of phenolic OH excluding ortho intramolecular Hbond substituents is 1. The number of anilines is 1. The topological polar surface area (TPSA) is 123 Å². The number of ether oxygens (including phenoxy) is 4. The molecule has 0 amide bonds. The van der Waals surface area contributed by atoms with Crippen LogP contribution in [0, 0.1) is 22.5 Å². The van der Waals surface area contributed by atoms with Gasteiger partial charge in [-0.2, -0.15) is 9.97 Å². The lowest BCUT2D eigenvalue weighted by atomic mass is 9.66. The molecule has 11 nitrogen and oxygen atoms in total. The normalized spacial score (nSPS) is 29.2. The van der Waals surface area contributed by atoms with E-state index in [1.165, 1.54) is 31.4 Å². The molecule has 2 aromatic heterocycles. The summed E-state index contributed by atoms with van der Waals surface area (Å²) >= 11 is 0. The number of nitrogens with zero attached hydrogens (tertiary/aromatic N) is 5. The maximum Gasteiger partial charge on any atom is 0.319 e. The highest BCUT2D eigenvalue weighted by Crippen LogP contribution is 2.51. The van der Waals surface area contributed by atoms with Crippen LogP contribution < -0.4 is 14.4 Å². The minimum absolute atomic E-state index is 0.00611. The third-order valence-electron chi connectivity index (χ3n) is 12.1. The van der Waals surface area contributed by atoms with Gasteiger partial charge in [-0.25, -0.2) is 13.8 Å². The third-order valence-corrected chi connectivity index (χ3v) is 12.1. The van der Waals surface area contributed by atoms with E-state index in [0.29, 0.717) is 37.3 Å². The lowest BCUT2D eigenvalue weighted by Crippen LogP contribution is -2.57. The number of benzene rings is 2. The van der Waals surface area contributed by atoms with E-state index < -0.39 is 17.2 Å². The highest BCUT2D eigenvalue weighted by atomic mass is 19.1. The van der Waals surface area contributed by atoms with E-state index in [0.717, 1.165) is 58.0 Å². The Bertz CT molecular complexity index is 2030. The van der Waals surface area contributed by atoms with E-state index in [2.05, 4.69) is 16.8 Å². The van der Waals surface area contributed by atoms with Crippen LogP contribution in [0.4, 0.5) is 14.6 Å². The molecule has 2 unspecified atom stereocenters. The number of hydrogen-bond donors (Lipinski definition) is 2. The lowest BCUT2D eigenvalue weighted by Gasteiger charge is -2.52. The van der Waals surface area contributed by atoms with Gasteiger partial charge in [0.1, 0.15) is 39.6 Å². The van der Waals surface area contributed by atoms with Crippen molar-refractivity contribution >= 4 is 27.5 Å². The fraction of sp³-hybridized carbons (Fsp3) is 0.575. The molecule has 4 aliphatic rings. The van der Waals surface area contributed by atoms with Crippen molar-refractivity contribution in [3.8, 4) is 28.9 Å². The first-order chi connectivity index (χ1) is 25.4. The molecular formula is C40H49F2N5O6. The first kappa shape index (κ1) is 36.1. The number of rotatable bonds is 9. The van der Waals surface area contributed by atoms with Crippen LogP contribution in [0.1, 0.15) is 58.8 Å². The van der Waals surface area contributed by atoms with Gasteiger partial charge in [-0.05, 0) is 81.0 Å². The maximum absolute atomic E-state index is 17.2. The smallest absolute Gasteiger partial charge is 0.319 e. The van der Waals surface area contributed by atoms with Gasteiger partial charge in [0.05, 0.1) is 39.6 Å². The van der Waals surface area contributed by atoms with E-state index >= 15 is 8.78 Å². The van der Waals surface area contributed by atoms with Crippen molar-refractivity contribution in [1.29, 1.82) is 0 Å². The number of hydrogen-bond acceptors (Lipinski definition) is 11. The van der Waals surface area contributed by atoms with Gasteiger partial charge in [-0.3, -0.25) is 4.90 Å². The Hall–Kier alpha value is -3.91. The average molecular weight is 734 g/mol. The number of β-amino-alcohol motifs (C(OH)–C–C–N with tert-alkyl or cyclic N) is 1. The third kappa shape index (κ3) is 6.63. The van der Waals surface area contributed by atoms with Crippen LogP contribution in [0.2, 0.25) is 0 Å².